The SMILES string of the molecule is Cc1noc(N2C=COC2c2cc(-c3ncco3)ccc2-c2ccccc2)c1C. The van der Waals surface area contributed by atoms with Crippen molar-refractivity contribution in [2.45, 2.75) is 20.1 Å². The predicted octanol–water partition coefficient (Wildman–Crippen LogP) is 5.62. The number of oxazole rings is 1. The number of benzene rings is 2. The third-order valence-electron chi connectivity index (χ3n) is 5.13. The fourth-order valence-electron chi connectivity index (χ4n) is 3.51. The van der Waals surface area contributed by atoms with Crippen molar-refractivity contribution in [3.05, 3.63) is 90.3 Å². The second-order valence-corrected chi connectivity index (χ2v) is 6.88. The Morgan fingerprint density at radius 3 is 2.59 bits per heavy atom. The van der Waals surface area contributed by atoms with Gasteiger partial charge in [-0.05, 0) is 37.1 Å². The van der Waals surface area contributed by atoms with Gasteiger partial charge in [0.1, 0.15) is 12.5 Å². The van der Waals surface area contributed by atoms with Gasteiger partial charge in [0.05, 0.1) is 11.9 Å². The molecular weight excluding hydrogens is 366 g/mol. The Morgan fingerprint density at radius 2 is 1.86 bits per heavy atom. The Labute approximate surface area is 168 Å². The molecule has 0 saturated carbocycles. The lowest BCUT2D eigenvalue weighted by Gasteiger charge is -2.25. The minimum Gasteiger partial charge on any atom is -0.472 e. The van der Waals surface area contributed by atoms with E-state index in [1.807, 2.05) is 49.2 Å². The number of anilines is 1. The molecule has 0 aliphatic carbocycles. The highest BCUT2D eigenvalue weighted by atomic mass is 16.5. The average molecular weight is 385 g/mol. The van der Waals surface area contributed by atoms with Crippen LogP contribution < -0.4 is 4.90 Å². The van der Waals surface area contributed by atoms with Crippen LogP contribution in [-0.4, -0.2) is 10.1 Å². The molecule has 1 unspecified atom stereocenters. The summed E-state index contributed by atoms with van der Waals surface area (Å²) in [6.45, 7) is 3.92. The summed E-state index contributed by atoms with van der Waals surface area (Å²) >= 11 is 0. The maximum absolute atomic E-state index is 6.01. The number of hydrogen-bond acceptors (Lipinski definition) is 6. The fourth-order valence-corrected chi connectivity index (χ4v) is 3.51. The summed E-state index contributed by atoms with van der Waals surface area (Å²) in [6, 6.07) is 16.4. The largest absolute Gasteiger partial charge is 0.472 e. The zero-order valence-corrected chi connectivity index (χ0v) is 16.1. The van der Waals surface area contributed by atoms with Gasteiger partial charge in [0.25, 0.3) is 0 Å². The van der Waals surface area contributed by atoms with Gasteiger partial charge in [0, 0.05) is 22.9 Å². The molecule has 1 aliphatic rings. The minimum absolute atomic E-state index is 0.397. The second kappa shape index (κ2) is 6.98. The third kappa shape index (κ3) is 2.99. The Bertz CT molecular complexity index is 1160. The highest BCUT2D eigenvalue weighted by Gasteiger charge is 2.31. The Balaban J connectivity index is 1.65. The number of nitrogens with zero attached hydrogens (tertiary/aromatic N) is 3. The molecule has 0 N–H and O–H groups in total. The van der Waals surface area contributed by atoms with Gasteiger partial charge in [-0.25, -0.2) is 4.98 Å². The first-order chi connectivity index (χ1) is 14.2. The van der Waals surface area contributed by atoms with Crippen molar-refractivity contribution in [1.82, 2.24) is 10.1 Å². The van der Waals surface area contributed by atoms with Gasteiger partial charge < -0.3 is 13.7 Å². The van der Waals surface area contributed by atoms with E-state index >= 15 is 0 Å². The van der Waals surface area contributed by atoms with Crippen molar-refractivity contribution < 1.29 is 13.7 Å². The molecule has 1 atom stereocenters. The van der Waals surface area contributed by atoms with Crippen molar-refractivity contribution in [3.63, 3.8) is 0 Å². The van der Waals surface area contributed by atoms with Crippen molar-refractivity contribution in [1.29, 1.82) is 0 Å². The first-order valence-corrected chi connectivity index (χ1v) is 9.35. The van der Waals surface area contributed by atoms with E-state index in [1.54, 1.807) is 18.7 Å². The van der Waals surface area contributed by atoms with Crippen LogP contribution in [-0.2, 0) is 4.74 Å². The molecule has 5 rings (SSSR count). The molecule has 6 nitrogen and oxygen atoms in total. The molecule has 2 aromatic heterocycles. The molecule has 144 valence electrons. The normalized spacial score (nSPS) is 15.7. The monoisotopic (exact) mass is 385 g/mol. The van der Waals surface area contributed by atoms with Crippen molar-refractivity contribution in [3.8, 4) is 22.6 Å². The molecule has 0 amide bonds. The van der Waals surface area contributed by atoms with Gasteiger partial charge in [-0.2, -0.15) is 0 Å². The van der Waals surface area contributed by atoms with Crippen molar-refractivity contribution in [2.75, 3.05) is 4.90 Å². The van der Waals surface area contributed by atoms with Gasteiger partial charge in [-0.3, -0.25) is 4.90 Å². The van der Waals surface area contributed by atoms with Crippen molar-refractivity contribution in [2.24, 2.45) is 0 Å². The van der Waals surface area contributed by atoms with Crippen LogP contribution in [0, 0.1) is 13.8 Å². The topological polar surface area (TPSA) is 64.5 Å². The van der Waals surface area contributed by atoms with Crippen LogP contribution >= 0.6 is 0 Å². The molecule has 0 fully saturated rings. The van der Waals surface area contributed by atoms with E-state index in [2.05, 4.69) is 34.4 Å². The Kier molecular flexibility index (Phi) is 4.17. The standard InChI is InChI=1S/C23H19N3O3/c1-15-16(2)25-29-22(15)26-11-13-28-23(26)20-14-18(21-24-10-12-27-21)8-9-19(20)17-6-4-3-5-7-17/h3-14,23H,1-2H3. The van der Waals surface area contributed by atoms with E-state index in [4.69, 9.17) is 13.7 Å². The summed E-state index contributed by atoms with van der Waals surface area (Å²) in [7, 11) is 0. The van der Waals surface area contributed by atoms with Crippen LogP contribution in [0.1, 0.15) is 23.0 Å². The van der Waals surface area contributed by atoms with E-state index in [0.29, 0.717) is 11.8 Å². The van der Waals surface area contributed by atoms with Crippen LogP contribution in [0.15, 0.2) is 82.4 Å². The fraction of sp³-hybridized carbons (Fsp3) is 0.130. The zero-order valence-electron chi connectivity index (χ0n) is 16.1. The Morgan fingerprint density at radius 1 is 1.00 bits per heavy atom. The van der Waals surface area contributed by atoms with Gasteiger partial charge in [-0.1, -0.05) is 41.6 Å². The summed E-state index contributed by atoms with van der Waals surface area (Å²) < 4.78 is 17.1. The van der Waals surface area contributed by atoms with E-state index in [-0.39, 0.29) is 0 Å². The van der Waals surface area contributed by atoms with Gasteiger partial charge in [0.2, 0.25) is 18.0 Å². The maximum Gasteiger partial charge on any atom is 0.237 e. The average Bonchev–Trinajstić information content (AvgIpc) is 3.51. The van der Waals surface area contributed by atoms with E-state index in [9.17, 15) is 0 Å². The van der Waals surface area contributed by atoms with E-state index in [0.717, 1.165) is 33.5 Å². The van der Waals surface area contributed by atoms with E-state index in [1.165, 1.54) is 0 Å². The molecular formula is C23H19N3O3. The summed E-state index contributed by atoms with van der Waals surface area (Å²) in [4.78, 5) is 6.24. The lowest BCUT2D eigenvalue weighted by Crippen LogP contribution is -2.21. The summed E-state index contributed by atoms with van der Waals surface area (Å²) in [6.07, 6.45) is 6.35. The molecule has 29 heavy (non-hydrogen) atoms. The number of rotatable bonds is 4. The van der Waals surface area contributed by atoms with Gasteiger partial charge in [-0.15, -0.1) is 0 Å². The molecule has 0 bridgehead atoms. The van der Waals surface area contributed by atoms with Crippen molar-refractivity contribution >= 4 is 5.88 Å². The molecule has 4 aromatic rings. The smallest absolute Gasteiger partial charge is 0.237 e. The van der Waals surface area contributed by atoms with Crippen LogP contribution in [0.25, 0.3) is 22.6 Å². The quantitative estimate of drug-likeness (QED) is 0.454. The Hall–Kier alpha value is -3.80. The number of aromatic nitrogens is 2. The summed E-state index contributed by atoms with van der Waals surface area (Å²) in [5.41, 5.74) is 5.86. The molecule has 3 heterocycles. The van der Waals surface area contributed by atoms with Gasteiger partial charge >= 0.3 is 0 Å². The van der Waals surface area contributed by atoms with Crippen LogP contribution in [0.3, 0.4) is 0 Å². The van der Waals surface area contributed by atoms with Gasteiger partial charge in [0.15, 0.2) is 0 Å². The highest BCUT2D eigenvalue weighted by molar-refractivity contribution is 5.73. The molecule has 0 radical (unpaired) electrons. The predicted molar refractivity (Wildman–Crippen MR) is 109 cm³/mol. The lowest BCUT2D eigenvalue weighted by molar-refractivity contribution is 0.170. The van der Waals surface area contributed by atoms with E-state index < -0.39 is 6.23 Å². The number of aryl methyl sites for hydroxylation is 1. The zero-order chi connectivity index (χ0) is 19.8. The summed E-state index contributed by atoms with van der Waals surface area (Å²) in [5, 5.41) is 4.10. The lowest BCUT2D eigenvalue weighted by atomic mass is 9.96. The molecule has 6 heteroatoms. The van der Waals surface area contributed by atoms with Crippen LogP contribution in [0.4, 0.5) is 5.88 Å². The molecule has 0 saturated heterocycles. The number of ether oxygens (including phenoxy) is 1. The first kappa shape index (κ1) is 17.3. The first-order valence-electron chi connectivity index (χ1n) is 9.35. The second-order valence-electron chi connectivity index (χ2n) is 6.88. The molecule has 1 aliphatic heterocycles. The summed E-state index contributed by atoms with van der Waals surface area (Å²) in [5.74, 6) is 1.23. The molecule has 2 aromatic carbocycles. The van der Waals surface area contributed by atoms with Crippen LogP contribution in [0.5, 0.6) is 0 Å². The van der Waals surface area contributed by atoms with Crippen LogP contribution in [0.2, 0.25) is 0 Å². The minimum atomic E-state index is -0.397. The number of hydrogen-bond donors (Lipinski definition) is 0. The highest BCUT2D eigenvalue weighted by Crippen LogP contribution is 2.40. The molecule has 0 spiro atoms. The maximum atomic E-state index is 6.01. The third-order valence-corrected chi connectivity index (χ3v) is 5.13.